The normalized spacial score (nSPS) is 14.0. The van der Waals surface area contributed by atoms with Crippen molar-refractivity contribution >= 4 is 17.2 Å². The van der Waals surface area contributed by atoms with Gasteiger partial charge in [-0.1, -0.05) is 30.3 Å². The summed E-state index contributed by atoms with van der Waals surface area (Å²) in [6.45, 7) is 5.17. The van der Waals surface area contributed by atoms with Gasteiger partial charge in [0.1, 0.15) is 5.82 Å². The monoisotopic (exact) mass is 392 g/mol. The molecule has 1 aliphatic heterocycles. The summed E-state index contributed by atoms with van der Waals surface area (Å²) in [5, 5.41) is 3.16. The van der Waals surface area contributed by atoms with Gasteiger partial charge in [-0.25, -0.2) is 4.79 Å². The van der Waals surface area contributed by atoms with Crippen LogP contribution in [0.25, 0.3) is 0 Å². The molecule has 0 spiro atoms. The number of nitrogens with one attached hydrogen (secondary N) is 2. The fourth-order valence-corrected chi connectivity index (χ4v) is 3.43. The molecule has 150 valence electrons. The van der Waals surface area contributed by atoms with Gasteiger partial charge in [0.2, 0.25) is 0 Å². The number of ether oxygens (including phenoxy) is 1. The molecule has 2 N–H and O–H groups in total. The molecule has 7 heteroatoms. The lowest BCUT2D eigenvalue weighted by Crippen LogP contribution is -2.37. The number of aromatic amines is 1. The van der Waals surface area contributed by atoms with Gasteiger partial charge in [-0.05, 0) is 36.8 Å². The molecule has 1 saturated heterocycles. The Labute approximate surface area is 168 Å². The second kappa shape index (κ2) is 8.36. The molecule has 0 bridgehead atoms. The Balaban J connectivity index is 1.54. The molecule has 3 aromatic rings. The molecule has 0 saturated carbocycles. The number of H-pyrrole nitrogens is 1. The summed E-state index contributed by atoms with van der Waals surface area (Å²) in [6, 6.07) is 17.4. The van der Waals surface area contributed by atoms with Crippen LogP contribution in [0.15, 0.2) is 64.2 Å². The highest BCUT2D eigenvalue weighted by Crippen LogP contribution is 2.21. The third-order valence-electron chi connectivity index (χ3n) is 5.11. The van der Waals surface area contributed by atoms with Crippen LogP contribution in [0.1, 0.15) is 11.1 Å². The Morgan fingerprint density at radius 2 is 1.69 bits per heavy atom. The SMILES string of the molecule is Cc1c(Nc2ccc(N3CCOCC3)cc2)[nH]c(=O)n(Cc2ccccc2)c1=O. The first-order valence-electron chi connectivity index (χ1n) is 9.69. The van der Waals surface area contributed by atoms with Crippen LogP contribution in [0.2, 0.25) is 0 Å². The summed E-state index contributed by atoms with van der Waals surface area (Å²) < 4.78 is 6.61. The van der Waals surface area contributed by atoms with Crippen LogP contribution in [0.4, 0.5) is 17.2 Å². The quantitative estimate of drug-likeness (QED) is 0.697. The van der Waals surface area contributed by atoms with E-state index in [1.807, 2.05) is 54.6 Å². The number of nitrogens with zero attached hydrogens (tertiary/aromatic N) is 2. The topological polar surface area (TPSA) is 79.4 Å². The van der Waals surface area contributed by atoms with E-state index in [-0.39, 0.29) is 12.1 Å². The minimum absolute atomic E-state index is 0.240. The van der Waals surface area contributed by atoms with Gasteiger partial charge in [-0.3, -0.25) is 14.3 Å². The van der Waals surface area contributed by atoms with Crippen molar-refractivity contribution in [3.05, 3.63) is 86.6 Å². The molecule has 29 heavy (non-hydrogen) atoms. The molecule has 0 amide bonds. The van der Waals surface area contributed by atoms with Gasteiger partial charge in [0.25, 0.3) is 5.56 Å². The van der Waals surface area contributed by atoms with E-state index in [4.69, 9.17) is 4.74 Å². The Bertz CT molecular complexity index is 1080. The van der Waals surface area contributed by atoms with Gasteiger partial charge < -0.3 is 15.0 Å². The predicted molar refractivity (Wildman–Crippen MR) is 114 cm³/mol. The molecular weight excluding hydrogens is 368 g/mol. The van der Waals surface area contributed by atoms with Crippen LogP contribution < -0.4 is 21.5 Å². The Hall–Kier alpha value is -3.32. The van der Waals surface area contributed by atoms with Crippen LogP contribution in [-0.4, -0.2) is 35.9 Å². The van der Waals surface area contributed by atoms with Crippen molar-refractivity contribution in [2.24, 2.45) is 0 Å². The average molecular weight is 392 g/mol. The predicted octanol–water partition coefficient (Wildman–Crippen LogP) is 2.47. The number of aromatic nitrogens is 2. The third-order valence-corrected chi connectivity index (χ3v) is 5.11. The van der Waals surface area contributed by atoms with Gasteiger partial charge in [0.05, 0.1) is 25.3 Å². The zero-order valence-corrected chi connectivity index (χ0v) is 16.4. The van der Waals surface area contributed by atoms with Crippen molar-refractivity contribution in [2.45, 2.75) is 13.5 Å². The lowest BCUT2D eigenvalue weighted by molar-refractivity contribution is 0.122. The zero-order chi connectivity index (χ0) is 20.2. The standard InChI is InChI=1S/C22H24N4O3/c1-16-20(23-18-7-9-19(10-8-18)25-11-13-29-14-12-25)24-22(28)26(21(16)27)15-17-5-3-2-4-6-17/h2-10,23H,11-15H2,1H3,(H,24,28). The second-order valence-corrected chi connectivity index (χ2v) is 7.08. The van der Waals surface area contributed by atoms with Crippen molar-refractivity contribution in [3.8, 4) is 0 Å². The van der Waals surface area contributed by atoms with E-state index in [0.717, 1.165) is 43.2 Å². The van der Waals surface area contributed by atoms with Gasteiger partial charge in [-0.15, -0.1) is 0 Å². The van der Waals surface area contributed by atoms with Crippen LogP contribution >= 0.6 is 0 Å². The molecular formula is C22H24N4O3. The van der Waals surface area contributed by atoms with E-state index in [9.17, 15) is 9.59 Å². The number of hydrogen-bond acceptors (Lipinski definition) is 5. The van der Waals surface area contributed by atoms with E-state index in [0.29, 0.717) is 11.4 Å². The summed E-state index contributed by atoms with van der Waals surface area (Å²) in [4.78, 5) is 30.3. The molecule has 1 aromatic heterocycles. The minimum atomic E-state index is -0.433. The number of benzene rings is 2. The zero-order valence-electron chi connectivity index (χ0n) is 16.4. The summed E-state index contributed by atoms with van der Waals surface area (Å²) in [7, 11) is 0. The summed E-state index contributed by atoms with van der Waals surface area (Å²) in [5.41, 5.74) is 2.57. The lowest BCUT2D eigenvalue weighted by atomic mass is 10.2. The number of anilines is 3. The first-order chi connectivity index (χ1) is 14.1. The molecule has 1 aliphatic rings. The molecule has 2 aromatic carbocycles. The van der Waals surface area contributed by atoms with Crippen LogP contribution in [-0.2, 0) is 11.3 Å². The maximum atomic E-state index is 12.8. The van der Waals surface area contributed by atoms with Crippen molar-refractivity contribution in [1.29, 1.82) is 0 Å². The molecule has 2 heterocycles. The molecule has 7 nitrogen and oxygen atoms in total. The number of rotatable bonds is 5. The van der Waals surface area contributed by atoms with Crippen LogP contribution in [0.3, 0.4) is 0 Å². The Kier molecular flexibility index (Phi) is 5.48. The molecule has 0 atom stereocenters. The van der Waals surface area contributed by atoms with Crippen LogP contribution in [0, 0.1) is 6.92 Å². The van der Waals surface area contributed by atoms with Gasteiger partial charge in [-0.2, -0.15) is 0 Å². The van der Waals surface area contributed by atoms with Crippen LogP contribution in [0.5, 0.6) is 0 Å². The first-order valence-corrected chi connectivity index (χ1v) is 9.69. The molecule has 0 radical (unpaired) electrons. The molecule has 4 rings (SSSR count). The maximum Gasteiger partial charge on any atom is 0.330 e. The van der Waals surface area contributed by atoms with Crippen molar-refractivity contribution in [3.63, 3.8) is 0 Å². The molecule has 1 fully saturated rings. The van der Waals surface area contributed by atoms with E-state index in [1.54, 1.807) is 6.92 Å². The first kappa shape index (κ1) is 19.0. The Morgan fingerprint density at radius 3 is 2.38 bits per heavy atom. The average Bonchev–Trinajstić information content (AvgIpc) is 2.77. The summed E-state index contributed by atoms with van der Waals surface area (Å²) in [6.07, 6.45) is 0. The number of hydrogen-bond donors (Lipinski definition) is 2. The highest BCUT2D eigenvalue weighted by molar-refractivity contribution is 5.62. The van der Waals surface area contributed by atoms with E-state index in [2.05, 4.69) is 15.2 Å². The minimum Gasteiger partial charge on any atom is -0.378 e. The van der Waals surface area contributed by atoms with Crippen molar-refractivity contribution < 1.29 is 4.74 Å². The fourth-order valence-electron chi connectivity index (χ4n) is 3.43. The summed E-state index contributed by atoms with van der Waals surface area (Å²) in [5.74, 6) is 0.420. The number of morpholine rings is 1. The van der Waals surface area contributed by atoms with Gasteiger partial charge >= 0.3 is 5.69 Å². The highest BCUT2D eigenvalue weighted by atomic mass is 16.5. The van der Waals surface area contributed by atoms with Gasteiger partial charge in [0.15, 0.2) is 0 Å². The third kappa shape index (κ3) is 4.25. The smallest absolute Gasteiger partial charge is 0.330 e. The van der Waals surface area contributed by atoms with E-state index < -0.39 is 5.69 Å². The van der Waals surface area contributed by atoms with E-state index in [1.165, 1.54) is 4.57 Å². The fraction of sp³-hybridized carbons (Fsp3) is 0.273. The van der Waals surface area contributed by atoms with E-state index >= 15 is 0 Å². The van der Waals surface area contributed by atoms with Crippen molar-refractivity contribution in [2.75, 3.05) is 36.5 Å². The van der Waals surface area contributed by atoms with Crippen molar-refractivity contribution in [1.82, 2.24) is 9.55 Å². The second-order valence-electron chi connectivity index (χ2n) is 7.08. The largest absolute Gasteiger partial charge is 0.378 e. The summed E-state index contributed by atoms with van der Waals surface area (Å²) >= 11 is 0. The maximum absolute atomic E-state index is 12.8. The molecule has 0 aliphatic carbocycles. The molecule has 0 unspecified atom stereocenters. The lowest BCUT2D eigenvalue weighted by Gasteiger charge is -2.29. The van der Waals surface area contributed by atoms with Gasteiger partial charge in [0, 0.05) is 24.5 Å². The highest BCUT2D eigenvalue weighted by Gasteiger charge is 2.13. The Morgan fingerprint density at radius 1 is 1.00 bits per heavy atom.